The second kappa shape index (κ2) is 16.0. The van der Waals surface area contributed by atoms with E-state index in [0.717, 1.165) is 44.2 Å². The van der Waals surface area contributed by atoms with Crippen LogP contribution < -0.4 is 27.3 Å². The Bertz CT molecular complexity index is 464. The molecule has 0 aliphatic carbocycles. The molecule has 0 radical (unpaired) electrons. The molecule has 8 heteroatoms. The monoisotopic (exact) mass is 412 g/mol. The zero-order valence-corrected chi connectivity index (χ0v) is 18.6. The summed E-state index contributed by atoms with van der Waals surface area (Å²) in [4.78, 5) is 0. The van der Waals surface area contributed by atoms with Gasteiger partial charge < -0.3 is 35.4 Å². The van der Waals surface area contributed by atoms with Gasteiger partial charge in [0.25, 0.3) is 0 Å². The third-order valence-electron chi connectivity index (χ3n) is 4.41. The molecular formula is C20H40N4O3Si. The molecule has 0 aliphatic heterocycles. The zero-order valence-electron chi connectivity index (χ0n) is 17.6. The van der Waals surface area contributed by atoms with Crippen molar-refractivity contribution in [2.75, 3.05) is 59.1 Å². The Hall–Kier alpha value is -0.843. The van der Waals surface area contributed by atoms with Gasteiger partial charge in [-0.3, -0.25) is 0 Å². The van der Waals surface area contributed by atoms with Crippen LogP contribution in [0.25, 0.3) is 0 Å². The van der Waals surface area contributed by atoms with Crippen molar-refractivity contribution < 1.29 is 13.3 Å². The van der Waals surface area contributed by atoms with Crippen molar-refractivity contribution in [2.45, 2.75) is 26.7 Å². The second-order valence-electron chi connectivity index (χ2n) is 6.62. The SMILES string of the molecule is CCO[Si](OCC)(OCC(CCNCCN)CCNCCN)c1ccccc1. The smallest absolute Gasteiger partial charge is 0.370 e. The van der Waals surface area contributed by atoms with Crippen LogP contribution in [0.15, 0.2) is 30.3 Å². The maximum atomic E-state index is 6.46. The summed E-state index contributed by atoms with van der Waals surface area (Å²) in [6.07, 6.45) is 2.03. The fourth-order valence-corrected chi connectivity index (χ4v) is 5.57. The zero-order chi connectivity index (χ0) is 20.5. The molecule has 0 saturated carbocycles. The Morgan fingerprint density at radius 1 is 0.821 bits per heavy atom. The molecular weight excluding hydrogens is 372 g/mol. The predicted octanol–water partition coefficient (Wildman–Crippen LogP) is 0.415. The fraction of sp³-hybridized carbons (Fsp3) is 0.700. The van der Waals surface area contributed by atoms with Crippen LogP contribution in [0.5, 0.6) is 0 Å². The molecule has 0 bridgehead atoms. The van der Waals surface area contributed by atoms with Crippen molar-refractivity contribution in [3.63, 3.8) is 0 Å². The molecule has 0 saturated heterocycles. The molecule has 1 aromatic carbocycles. The van der Waals surface area contributed by atoms with Crippen molar-refractivity contribution in [1.82, 2.24) is 10.6 Å². The first-order valence-electron chi connectivity index (χ1n) is 10.5. The number of nitrogens with one attached hydrogen (secondary N) is 2. The molecule has 0 amide bonds. The minimum absolute atomic E-state index is 0.395. The van der Waals surface area contributed by atoms with E-state index in [9.17, 15) is 0 Å². The summed E-state index contributed by atoms with van der Waals surface area (Å²) in [5, 5.41) is 7.76. The summed E-state index contributed by atoms with van der Waals surface area (Å²) in [5.41, 5.74) is 11.1. The van der Waals surface area contributed by atoms with E-state index >= 15 is 0 Å². The lowest BCUT2D eigenvalue weighted by atomic mass is 10.0. The average molecular weight is 413 g/mol. The summed E-state index contributed by atoms with van der Waals surface area (Å²) < 4.78 is 18.7. The van der Waals surface area contributed by atoms with Crippen LogP contribution in [-0.2, 0) is 13.3 Å². The van der Waals surface area contributed by atoms with E-state index in [2.05, 4.69) is 10.6 Å². The number of nitrogens with two attached hydrogens (primary N) is 2. The molecule has 0 atom stereocenters. The molecule has 0 unspecified atom stereocenters. The number of hydrogen-bond donors (Lipinski definition) is 4. The fourth-order valence-electron chi connectivity index (χ4n) is 3.00. The van der Waals surface area contributed by atoms with Gasteiger partial charge in [0, 0.05) is 51.2 Å². The van der Waals surface area contributed by atoms with Crippen molar-refractivity contribution in [3.8, 4) is 0 Å². The third kappa shape index (κ3) is 9.57. The predicted molar refractivity (Wildman–Crippen MR) is 118 cm³/mol. The quantitative estimate of drug-likeness (QED) is 0.205. The lowest BCUT2D eigenvalue weighted by Gasteiger charge is -2.31. The lowest BCUT2D eigenvalue weighted by Crippen LogP contribution is -2.57. The Balaban J connectivity index is 2.77. The van der Waals surface area contributed by atoms with Gasteiger partial charge in [-0.2, -0.15) is 0 Å². The van der Waals surface area contributed by atoms with Crippen molar-refractivity contribution in [1.29, 1.82) is 0 Å². The van der Waals surface area contributed by atoms with Crippen molar-refractivity contribution in [2.24, 2.45) is 17.4 Å². The minimum atomic E-state index is -2.92. The third-order valence-corrected chi connectivity index (χ3v) is 7.33. The Morgan fingerprint density at radius 3 is 1.82 bits per heavy atom. The van der Waals surface area contributed by atoms with Gasteiger partial charge >= 0.3 is 8.80 Å². The Kier molecular flexibility index (Phi) is 14.4. The first-order chi connectivity index (χ1) is 13.7. The molecule has 0 heterocycles. The maximum absolute atomic E-state index is 6.46. The minimum Gasteiger partial charge on any atom is -0.370 e. The lowest BCUT2D eigenvalue weighted by molar-refractivity contribution is 0.0655. The molecule has 1 aromatic rings. The van der Waals surface area contributed by atoms with Crippen LogP contribution in [0.2, 0.25) is 0 Å². The summed E-state index contributed by atoms with van der Waals surface area (Å²) >= 11 is 0. The van der Waals surface area contributed by atoms with Crippen LogP contribution in [0.3, 0.4) is 0 Å². The van der Waals surface area contributed by atoms with E-state index < -0.39 is 8.80 Å². The normalized spacial score (nSPS) is 12.0. The molecule has 162 valence electrons. The standard InChI is InChI=1S/C20H40N4O3Si/c1-3-25-28(26-4-2,20-8-6-5-7-9-20)27-18-19(10-14-23-16-12-21)11-15-24-17-13-22/h5-9,19,23-24H,3-4,10-18,21-22H2,1-2H3. The summed E-state index contributed by atoms with van der Waals surface area (Å²) in [6.45, 7) is 10.5. The largest absolute Gasteiger partial charge is 0.537 e. The molecule has 28 heavy (non-hydrogen) atoms. The van der Waals surface area contributed by atoms with E-state index in [0.29, 0.717) is 38.8 Å². The van der Waals surface area contributed by atoms with Gasteiger partial charge in [0.05, 0.1) is 0 Å². The highest BCUT2D eigenvalue weighted by atomic mass is 28.4. The summed E-state index contributed by atoms with van der Waals surface area (Å²) in [5.74, 6) is 0.395. The summed E-state index contributed by atoms with van der Waals surface area (Å²) in [7, 11) is -2.92. The first kappa shape index (κ1) is 25.2. The van der Waals surface area contributed by atoms with Gasteiger partial charge in [0.15, 0.2) is 0 Å². The van der Waals surface area contributed by atoms with E-state index in [1.165, 1.54) is 0 Å². The van der Waals surface area contributed by atoms with Crippen LogP contribution in [-0.4, -0.2) is 67.9 Å². The van der Waals surface area contributed by atoms with Gasteiger partial charge in [0.2, 0.25) is 0 Å². The van der Waals surface area contributed by atoms with E-state index in [1.807, 2.05) is 44.2 Å². The molecule has 1 rings (SSSR count). The first-order valence-corrected chi connectivity index (χ1v) is 12.2. The van der Waals surface area contributed by atoms with Gasteiger partial charge in [-0.25, -0.2) is 0 Å². The average Bonchev–Trinajstić information content (AvgIpc) is 2.72. The van der Waals surface area contributed by atoms with Gasteiger partial charge in [-0.1, -0.05) is 30.3 Å². The van der Waals surface area contributed by atoms with Crippen molar-refractivity contribution in [3.05, 3.63) is 30.3 Å². The van der Waals surface area contributed by atoms with Crippen LogP contribution >= 0.6 is 0 Å². The highest BCUT2D eigenvalue weighted by Crippen LogP contribution is 2.16. The highest BCUT2D eigenvalue weighted by molar-refractivity contribution is 6.75. The molecule has 0 fully saturated rings. The molecule has 0 spiro atoms. The van der Waals surface area contributed by atoms with E-state index in [4.69, 9.17) is 24.7 Å². The second-order valence-corrected chi connectivity index (χ2v) is 9.18. The number of benzene rings is 1. The van der Waals surface area contributed by atoms with E-state index in [-0.39, 0.29) is 0 Å². The van der Waals surface area contributed by atoms with Crippen LogP contribution in [0.1, 0.15) is 26.7 Å². The number of hydrogen-bond acceptors (Lipinski definition) is 7. The van der Waals surface area contributed by atoms with E-state index in [1.54, 1.807) is 0 Å². The summed E-state index contributed by atoms with van der Waals surface area (Å²) in [6, 6.07) is 10.1. The molecule has 6 N–H and O–H groups in total. The van der Waals surface area contributed by atoms with Crippen LogP contribution in [0.4, 0.5) is 0 Å². The molecule has 0 aliphatic rings. The number of rotatable bonds is 18. The Morgan fingerprint density at radius 2 is 1.36 bits per heavy atom. The van der Waals surface area contributed by atoms with Crippen LogP contribution in [0, 0.1) is 5.92 Å². The molecule has 0 aromatic heterocycles. The van der Waals surface area contributed by atoms with Gasteiger partial charge in [0.1, 0.15) is 0 Å². The van der Waals surface area contributed by atoms with Gasteiger partial charge in [-0.05, 0) is 45.7 Å². The Labute approximate surface area is 171 Å². The van der Waals surface area contributed by atoms with Gasteiger partial charge in [-0.15, -0.1) is 0 Å². The topological polar surface area (TPSA) is 104 Å². The maximum Gasteiger partial charge on any atom is 0.537 e. The highest BCUT2D eigenvalue weighted by Gasteiger charge is 2.43. The molecule has 7 nitrogen and oxygen atoms in total. The van der Waals surface area contributed by atoms with Crippen molar-refractivity contribution >= 4 is 14.0 Å².